The summed E-state index contributed by atoms with van der Waals surface area (Å²) in [4.78, 5) is 39.0. The van der Waals surface area contributed by atoms with Gasteiger partial charge in [-0.25, -0.2) is 0 Å². The molecule has 1 N–H and O–H groups in total. The Morgan fingerprint density at radius 3 is 2.48 bits per heavy atom. The number of methoxy groups -OCH3 is 2. The number of hydrogen-bond donors (Lipinski definition) is 1. The lowest BCUT2D eigenvalue weighted by molar-refractivity contribution is -0.127. The molecule has 3 rings (SSSR count). The predicted molar refractivity (Wildman–Crippen MR) is 105 cm³/mol. The van der Waals surface area contributed by atoms with Crippen molar-refractivity contribution in [2.45, 2.75) is 0 Å². The molecule has 140 valence electrons. The van der Waals surface area contributed by atoms with E-state index in [-0.39, 0.29) is 6.54 Å². The van der Waals surface area contributed by atoms with Crippen molar-refractivity contribution in [3.05, 3.63) is 45.5 Å². The lowest BCUT2D eigenvalue weighted by Gasteiger charge is -2.13. The summed E-state index contributed by atoms with van der Waals surface area (Å²) in [5, 5.41) is 4.06. The molecule has 9 heteroatoms. The zero-order valence-corrected chi connectivity index (χ0v) is 16.2. The van der Waals surface area contributed by atoms with Gasteiger partial charge in [0.25, 0.3) is 11.1 Å². The largest absolute Gasteiger partial charge is 0.497 e. The Labute approximate surface area is 163 Å². The lowest BCUT2D eigenvalue weighted by atomic mass is 10.2. The zero-order valence-electron chi connectivity index (χ0n) is 14.6. The van der Waals surface area contributed by atoms with Crippen LogP contribution in [0.15, 0.2) is 40.6 Å². The zero-order chi connectivity index (χ0) is 19.4. The van der Waals surface area contributed by atoms with Crippen molar-refractivity contribution < 1.29 is 23.9 Å². The van der Waals surface area contributed by atoms with E-state index in [0.717, 1.165) is 21.5 Å². The smallest absolute Gasteiger partial charge is 0.294 e. The van der Waals surface area contributed by atoms with Gasteiger partial charge in [0.1, 0.15) is 18.0 Å². The maximum absolute atomic E-state index is 12.4. The molecule has 0 radical (unpaired) electrons. The van der Waals surface area contributed by atoms with Gasteiger partial charge in [-0.2, -0.15) is 0 Å². The van der Waals surface area contributed by atoms with E-state index in [2.05, 4.69) is 5.32 Å². The summed E-state index contributed by atoms with van der Waals surface area (Å²) in [6.07, 6.45) is 1.65. The maximum Gasteiger partial charge on any atom is 0.294 e. The fourth-order valence-electron chi connectivity index (χ4n) is 2.36. The second-order valence-corrected chi connectivity index (χ2v) is 7.41. The van der Waals surface area contributed by atoms with Crippen molar-refractivity contribution in [1.29, 1.82) is 0 Å². The summed E-state index contributed by atoms with van der Waals surface area (Å²) in [5.74, 6) is 0.0474. The number of imide groups is 1. The van der Waals surface area contributed by atoms with E-state index in [9.17, 15) is 14.4 Å². The Morgan fingerprint density at radius 2 is 1.89 bits per heavy atom. The average molecular weight is 404 g/mol. The third-order valence-electron chi connectivity index (χ3n) is 3.63. The van der Waals surface area contributed by atoms with Crippen molar-refractivity contribution >= 4 is 51.9 Å². The highest BCUT2D eigenvalue weighted by molar-refractivity contribution is 8.18. The number of hydrogen-bond acceptors (Lipinski definition) is 7. The Balaban J connectivity index is 1.69. The van der Waals surface area contributed by atoms with Crippen molar-refractivity contribution in [3.8, 4) is 11.5 Å². The molecular formula is C18H16N2O5S2. The van der Waals surface area contributed by atoms with Crippen LogP contribution in [-0.4, -0.2) is 42.7 Å². The van der Waals surface area contributed by atoms with Crippen LogP contribution in [-0.2, 0) is 9.59 Å². The first kappa shape index (κ1) is 19.0. The summed E-state index contributed by atoms with van der Waals surface area (Å²) in [6, 6.07) is 8.61. The number of thioether (sulfide) groups is 1. The first-order valence-electron chi connectivity index (χ1n) is 7.82. The number of anilines is 1. The molecule has 1 aliphatic rings. The number of rotatable bonds is 6. The van der Waals surface area contributed by atoms with Crippen LogP contribution in [0.5, 0.6) is 11.5 Å². The van der Waals surface area contributed by atoms with Gasteiger partial charge in [-0.05, 0) is 29.3 Å². The molecule has 2 aromatic rings. The standard InChI is InChI=1S/C18H16N2O5S2/c1-24-12-6-11(7-13(8-12)25-2)19-16(21)10-20-17(22)15(27-18(20)23)9-14-4-3-5-26-14/h3-9H,10H2,1-2H3,(H,19,21)/b15-9-. The minimum Gasteiger partial charge on any atom is -0.497 e. The SMILES string of the molecule is COc1cc(NC(=O)CN2C(=O)S/C(=C\c3cccs3)C2=O)cc(OC)c1. The van der Waals surface area contributed by atoms with Gasteiger partial charge in [0.2, 0.25) is 5.91 Å². The van der Waals surface area contributed by atoms with Crippen LogP contribution < -0.4 is 14.8 Å². The van der Waals surface area contributed by atoms with E-state index in [1.165, 1.54) is 25.6 Å². The molecular weight excluding hydrogens is 388 g/mol. The highest BCUT2D eigenvalue weighted by Gasteiger charge is 2.36. The van der Waals surface area contributed by atoms with E-state index in [1.54, 1.807) is 24.3 Å². The van der Waals surface area contributed by atoms with Crippen LogP contribution in [0.25, 0.3) is 6.08 Å². The van der Waals surface area contributed by atoms with Gasteiger partial charge in [0.05, 0.1) is 19.1 Å². The Hall–Kier alpha value is -2.78. The van der Waals surface area contributed by atoms with Crippen molar-refractivity contribution in [1.82, 2.24) is 4.90 Å². The highest BCUT2D eigenvalue weighted by atomic mass is 32.2. The maximum atomic E-state index is 12.4. The molecule has 1 aromatic heterocycles. The lowest BCUT2D eigenvalue weighted by Crippen LogP contribution is -2.36. The molecule has 1 saturated heterocycles. The molecule has 1 fully saturated rings. The quantitative estimate of drug-likeness (QED) is 0.743. The van der Waals surface area contributed by atoms with Crippen LogP contribution >= 0.6 is 23.1 Å². The van der Waals surface area contributed by atoms with Crippen molar-refractivity contribution in [2.75, 3.05) is 26.1 Å². The number of thiophene rings is 1. The van der Waals surface area contributed by atoms with Crippen molar-refractivity contribution in [2.24, 2.45) is 0 Å². The number of benzene rings is 1. The average Bonchev–Trinajstić information content (AvgIpc) is 3.25. The molecule has 0 unspecified atom stereocenters. The summed E-state index contributed by atoms with van der Waals surface area (Å²) in [6.45, 7) is -0.369. The number of carbonyl (C=O) groups excluding carboxylic acids is 3. The molecule has 0 aliphatic carbocycles. The van der Waals surface area contributed by atoms with E-state index in [1.807, 2.05) is 17.5 Å². The first-order chi connectivity index (χ1) is 13.0. The van der Waals surface area contributed by atoms with Crippen LogP contribution in [0.2, 0.25) is 0 Å². The molecule has 1 aliphatic heterocycles. The second kappa shape index (κ2) is 8.28. The number of carbonyl (C=O) groups is 3. The minimum atomic E-state index is -0.495. The van der Waals surface area contributed by atoms with Gasteiger partial charge in [0.15, 0.2) is 0 Å². The third kappa shape index (κ3) is 4.50. The van der Waals surface area contributed by atoms with Gasteiger partial charge in [-0.1, -0.05) is 6.07 Å². The normalized spacial score (nSPS) is 15.3. The molecule has 3 amide bonds. The van der Waals surface area contributed by atoms with Crippen molar-refractivity contribution in [3.63, 3.8) is 0 Å². The Morgan fingerprint density at radius 1 is 1.19 bits per heavy atom. The highest BCUT2D eigenvalue weighted by Crippen LogP contribution is 2.33. The molecule has 1 aromatic carbocycles. The number of nitrogens with zero attached hydrogens (tertiary/aromatic N) is 1. The fourth-order valence-corrected chi connectivity index (χ4v) is 3.92. The Kier molecular flexibility index (Phi) is 5.82. The summed E-state index contributed by atoms with van der Waals surface area (Å²) >= 11 is 2.29. The van der Waals surface area contributed by atoms with Crippen LogP contribution in [0.4, 0.5) is 10.5 Å². The molecule has 0 spiro atoms. The molecule has 7 nitrogen and oxygen atoms in total. The first-order valence-corrected chi connectivity index (χ1v) is 9.51. The molecule has 0 bridgehead atoms. The summed E-state index contributed by atoms with van der Waals surface area (Å²) in [7, 11) is 3.00. The van der Waals surface area contributed by atoms with Gasteiger partial charge >= 0.3 is 0 Å². The number of ether oxygens (including phenoxy) is 2. The van der Waals surface area contributed by atoms with Gasteiger partial charge in [0, 0.05) is 28.8 Å². The fraction of sp³-hybridized carbons (Fsp3) is 0.167. The summed E-state index contributed by atoms with van der Waals surface area (Å²) < 4.78 is 10.3. The molecule has 27 heavy (non-hydrogen) atoms. The van der Waals surface area contributed by atoms with E-state index in [4.69, 9.17) is 9.47 Å². The third-order valence-corrected chi connectivity index (χ3v) is 5.35. The van der Waals surface area contributed by atoms with Crippen LogP contribution in [0, 0.1) is 0 Å². The van der Waals surface area contributed by atoms with Gasteiger partial charge in [-0.15, -0.1) is 11.3 Å². The number of amides is 3. The van der Waals surface area contributed by atoms with Crippen LogP contribution in [0.1, 0.15) is 4.88 Å². The van der Waals surface area contributed by atoms with Gasteiger partial charge in [-0.3, -0.25) is 19.3 Å². The van der Waals surface area contributed by atoms with Crippen LogP contribution in [0.3, 0.4) is 0 Å². The van der Waals surface area contributed by atoms with E-state index < -0.39 is 17.1 Å². The van der Waals surface area contributed by atoms with Gasteiger partial charge < -0.3 is 14.8 Å². The second-order valence-electron chi connectivity index (χ2n) is 5.43. The molecule has 0 saturated carbocycles. The number of nitrogens with one attached hydrogen (secondary N) is 1. The van der Waals surface area contributed by atoms with E-state index >= 15 is 0 Å². The topological polar surface area (TPSA) is 84.9 Å². The van der Waals surface area contributed by atoms with E-state index in [0.29, 0.717) is 22.1 Å². The Bertz CT molecular complexity index is 886. The predicted octanol–water partition coefficient (Wildman–Crippen LogP) is 3.44. The summed E-state index contributed by atoms with van der Waals surface area (Å²) in [5.41, 5.74) is 0.442. The molecule has 2 heterocycles. The monoisotopic (exact) mass is 404 g/mol. The minimum absolute atomic E-state index is 0.304. The molecule has 0 atom stereocenters.